The summed E-state index contributed by atoms with van der Waals surface area (Å²) in [5.74, 6) is 0.694. The van der Waals surface area contributed by atoms with Crippen LogP contribution in [0.25, 0.3) is 5.65 Å². The number of likely N-dealkylation sites (N-methyl/N-ethyl adjacent to an activating group) is 1. The first-order valence-corrected chi connectivity index (χ1v) is 9.71. The minimum atomic E-state index is 0.176. The quantitative estimate of drug-likeness (QED) is 0.691. The van der Waals surface area contributed by atoms with Crippen LogP contribution in [0.2, 0.25) is 0 Å². The Bertz CT molecular complexity index is 964. The fraction of sp³-hybridized carbons (Fsp3) is 0.316. The van der Waals surface area contributed by atoms with E-state index in [1.807, 2.05) is 47.5 Å². The van der Waals surface area contributed by atoms with Gasteiger partial charge in [-0.25, -0.2) is 4.52 Å². The number of hydrogen-bond acceptors (Lipinski definition) is 5. The molecule has 1 N–H and O–H groups in total. The lowest BCUT2D eigenvalue weighted by atomic mass is 10.1. The van der Waals surface area contributed by atoms with Crippen molar-refractivity contribution in [3.8, 4) is 0 Å². The topological polar surface area (TPSA) is 65.8 Å². The Morgan fingerprint density at radius 2 is 2.00 bits per heavy atom. The van der Waals surface area contributed by atoms with E-state index in [0.717, 1.165) is 47.5 Å². The number of halogens is 1. The Morgan fingerprint density at radius 1 is 1.19 bits per heavy atom. The summed E-state index contributed by atoms with van der Waals surface area (Å²) < 4.78 is 2.60. The molecule has 1 saturated heterocycles. The highest BCUT2D eigenvalue weighted by Crippen LogP contribution is 2.20. The number of carbonyl (C=O) groups excluding carboxylic acids is 1. The molecule has 0 atom stereocenters. The number of benzene rings is 1. The molecule has 1 aromatic carbocycles. The Labute approximate surface area is 166 Å². The van der Waals surface area contributed by atoms with E-state index < -0.39 is 0 Å². The van der Waals surface area contributed by atoms with Gasteiger partial charge in [0.05, 0.1) is 10.9 Å². The molecule has 140 valence electrons. The van der Waals surface area contributed by atoms with Crippen molar-refractivity contribution in [1.29, 1.82) is 0 Å². The van der Waals surface area contributed by atoms with Crippen molar-refractivity contribution in [2.24, 2.45) is 0 Å². The lowest BCUT2D eigenvalue weighted by Gasteiger charge is -2.32. The largest absolute Gasteiger partial charge is 0.340 e. The van der Waals surface area contributed by atoms with E-state index in [0.29, 0.717) is 12.4 Å². The van der Waals surface area contributed by atoms with Gasteiger partial charge in [-0.3, -0.25) is 4.79 Å². The Balaban J connectivity index is 1.45. The zero-order chi connectivity index (χ0) is 18.8. The molecule has 1 aliphatic heterocycles. The van der Waals surface area contributed by atoms with Gasteiger partial charge in [0.15, 0.2) is 5.65 Å². The summed E-state index contributed by atoms with van der Waals surface area (Å²) in [6.45, 7) is 3.46. The zero-order valence-electron chi connectivity index (χ0n) is 15.1. The SMILES string of the molecule is CN1CCN(C(=O)Cc2cccc(Nc3nc4c(Br)cccn4n3)c2)CC1. The maximum atomic E-state index is 12.6. The molecule has 0 saturated carbocycles. The second kappa shape index (κ2) is 7.66. The van der Waals surface area contributed by atoms with E-state index in [-0.39, 0.29) is 5.91 Å². The van der Waals surface area contributed by atoms with Crippen molar-refractivity contribution >= 4 is 39.1 Å². The number of hydrogen-bond donors (Lipinski definition) is 1. The Kier molecular flexibility index (Phi) is 5.09. The molecule has 3 heterocycles. The fourth-order valence-electron chi connectivity index (χ4n) is 3.16. The number of nitrogens with zero attached hydrogens (tertiary/aromatic N) is 5. The van der Waals surface area contributed by atoms with Gasteiger partial charge >= 0.3 is 0 Å². The van der Waals surface area contributed by atoms with Crippen LogP contribution in [0.4, 0.5) is 11.6 Å². The highest BCUT2D eigenvalue weighted by molar-refractivity contribution is 9.10. The average molecular weight is 429 g/mol. The monoisotopic (exact) mass is 428 g/mol. The third-order valence-electron chi connectivity index (χ3n) is 4.71. The molecule has 27 heavy (non-hydrogen) atoms. The van der Waals surface area contributed by atoms with Crippen molar-refractivity contribution in [2.45, 2.75) is 6.42 Å². The molecule has 2 aromatic heterocycles. The molecule has 1 fully saturated rings. The minimum absolute atomic E-state index is 0.176. The summed E-state index contributed by atoms with van der Waals surface area (Å²) in [6.07, 6.45) is 2.26. The lowest BCUT2D eigenvalue weighted by molar-refractivity contribution is -0.132. The molecule has 1 aliphatic rings. The molecular formula is C19H21BrN6O. The first-order valence-electron chi connectivity index (χ1n) is 8.92. The lowest BCUT2D eigenvalue weighted by Crippen LogP contribution is -2.47. The van der Waals surface area contributed by atoms with Crippen LogP contribution in [0.5, 0.6) is 0 Å². The zero-order valence-corrected chi connectivity index (χ0v) is 16.7. The van der Waals surface area contributed by atoms with Crippen LogP contribution in [0.1, 0.15) is 5.56 Å². The number of amides is 1. The summed E-state index contributed by atoms with van der Waals surface area (Å²) >= 11 is 3.48. The Hall–Kier alpha value is -2.45. The molecule has 0 bridgehead atoms. The molecule has 1 amide bonds. The van der Waals surface area contributed by atoms with Gasteiger partial charge < -0.3 is 15.1 Å². The van der Waals surface area contributed by atoms with Gasteiger partial charge in [0.2, 0.25) is 11.9 Å². The third kappa shape index (κ3) is 4.12. The summed E-state index contributed by atoms with van der Waals surface area (Å²) in [5, 5.41) is 7.65. The van der Waals surface area contributed by atoms with Crippen LogP contribution >= 0.6 is 15.9 Å². The number of piperazine rings is 1. The minimum Gasteiger partial charge on any atom is -0.340 e. The summed E-state index contributed by atoms with van der Waals surface area (Å²) in [4.78, 5) is 21.2. The predicted molar refractivity (Wildman–Crippen MR) is 108 cm³/mol. The van der Waals surface area contributed by atoms with Crippen molar-refractivity contribution in [1.82, 2.24) is 24.4 Å². The van der Waals surface area contributed by atoms with E-state index in [1.165, 1.54) is 0 Å². The highest BCUT2D eigenvalue weighted by atomic mass is 79.9. The molecule has 7 nitrogen and oxygen atoms in total. The van der Waals surface area contributed by atoms with E-state index in [4.69, 9.17) is 0 Å². The first kappa shape index (κ1) is 17.9. The van der Waals surface area contributed by atoms with Gasteiger partial charge in [-0.05, 0) is 52.8 Å². The van der Waals surface area contributed by atoms with Crippen LogP contribution < -0.4 is 5.32 Å². The summed E-state index contributed by atoms with van der Waals surface area (Å²) in [6, 6.07) is 11.7. The number of carbonyl (C=O) groups is 1. The van der Waals surface area contributed by atoms with Gasteiger partial charge in [-0.1, -0.05) is 12.1 Å². The van der Waals surface area contributed by atoms with Crippen molar-refractivity contribution in [2.75, 3.05) is 38.5 Å². The first-order chi connectivity index (χ1) is 13.1. The number of rotatable bonds is 4. The van der Waals surface area contributed by atoms with E-state index >= 15 is 0 Å². The average Bonchev–Trinajstić information content (AvgIpc) is 3.06. The number of nitrogens with one attached hydrogen (secondary N) is 1. The normalized spacial score (nSPS) is 15.3. The maximum Gasteiger partial charge on any atom is 0.247 e. The number of pyridine rings is 1. The van der Waals surface area contributed by atoms with Crippen LogP contribution in [0.15, 0.2) is 47.1 Å². The molecule has 0 aliphatic carbocycles. The molecule has 4 rings (SSSR count). The second-order valence-corrected chi connectivity index (χ2v) is 7.60. The molecule has 0 radical (unpaired) electrons. The van der Waals surface area contributed by atoms with E-state index in [9.17, 15) is 4.79 Å². The third-order valence-corrected chi connectivity index (χ3v) is 5.33. The van der Waals surface area contributed by atoms with Crippen molar-refractivity contribution in [3.05, 3.63) is 52.6 Å². The van der Waals surface area contributed by atoms with Gasteiger partial charge in [-0.2, -0.15) is 4.98 Å². The highest BCUT2D eigenvalue weighted by Gasteiger charge is 2.19. The van der Waals surface area contributed by atoms with Crippen molar-refractivity contribution in [3.63, 3.8) is 0 Å². The Morgan fingerprint density at radius 3 is 2.78 bits per heavy atom. The standard InChI is InChI=1S/C19H21BrN6O/c1-24-8-10-25(11-9-24)17(27)13-14-4-2-5-15(12-14)21-19-22-18-16(20)6-3-7-26(18)23-19/h2-7,12H,8-11,13H2,1H3,(H,21,23). The van der Waals surface area contributed by atoms with Crippen molar-refractivity contribution < 1.29 is 4.79 Å². The number of aromatic nitrogens is 3. The second-order valence-electron chi connectivity index (χ2n) is 6.75. The summed E-state index contributed by atoms with van der Waals surface area (Å²) in [7, 11) is 2.09. The van der Waals surface area contributed by atoms with Crippen LogP contribution in [0.3, 0.4) is 0 Å². The van der Waals surface area contributed by atoms with Crippen LogP contribution in [-0.2, 0) is 11.2 Å². The van der Waals surface area contributed by atoms with Gasteiger partial charge in [-0.15, -0.1) is 5.10 Å². The van der Waals surface area contributed by atoms with Crippen LogP contribution in [0, 0.1) is 0 Å². The fourth-order valence-corrected chi connectivity index (χ4v) is 3.58. The molecule has 3 aromatic rings. The molecule has 0 unspecified atom stereocenters. The van der Waals surface area contributed by atoms with Gasteiger partial charge in [0, 0.05) is 38.1 Å². The molecular weight excluding hydrogens is 408 g/mol. The smallest absolute Gasteiger partial charge is 0.247 e. The number of anilines is 2. The molecule has 8 heteroatoms. The molecule has 0 spiro atoms. The van der Waals surface area contributed by atoms with E-state index in [1.54, 1.807) is 4.52 Å². The van der Waals surface area contributed by atoms with Gasteiger partial charge in [0.1, 0.15) is 0 Å². The van der Waals surface area contributed by atoms with E-state index in [2.05, 4.69) is 43.3 Å². The number of fused-ring (bicyclic) bond motifs is 1. The maximum absolute atomic E-state index is 12.6. The van der Waals surface area contributed by atoms with Gasteiger partial charge in [0.25, 0.3) is 0 Å². The van der Waals surface area contributed by atoms with Crippen LogP contribution in [-0.4, -0.2) is 63.5 Å². The summed E-state index contributed by atoms with van der Waals surface area (Å²) in [5.41, 5.74) is 2.60. The predicted octanol–water partition coefficient (Wildman–Crippen LogP) is 2.55.